The number of hydrogen-bond acceptors (Lipinski definition) is 2. The number of nitrogens with one attached hydrogen (secondary N) is 2. The highest BCUT2D eigenvalue weighted by molar-refractivity contribution is 5.19. The van der Waals surface area contributed by atoms with Gasteiger partial charge in [-0.2, -0.15) is 5.26 Å². The Morgan fingerprint density at radius 2 is 2.60 bits per heavy atom. The summed E-state index contributed by atoms with van der Waals surface area (Å²) < 4.78 is 0. The Hall–Kier alpha value is -1.27. The van der Waals surface area contributed by atoms with Gasteiger partial charge >= 0.3 is 0 Å². The van der Waals surface area contributed by atoms with E-state index in [0.29, 0.717) is 0 Å². The molecule has 52 valence electrons. The highest BCUT2D eigenvalue weighted by atomic mass is 14.9. The molecule has 3 nitrogen and oxygen atoms in total. The molecule has 0 saturated carbocycles. The smallest absolute Gasteiger partial charge is 0.122 e. The number of aromatic nitrogens is 1. The van der Waals surface area contributed by atoms with Crippen molar-refractivity contribution >= 4 is 0 Å². The lowest BCUT2D eigenvalue weighted by molar-refractivity contribution is 0.728. The SMILES string of the molecule is CNC(C#N)c1cc[nH]c1. The average molecular weight is 135 g/mol. The summed E-state index contributed by atoms with van der Waals surface area (Å²) in [4.78, 5) is 2.89. The van der Waals surface area contributed by atoms with Crippen molar-refractivity contribution in [3.8, 4) is 6.07 Å². The van der Waals surface area contributed by atoms with Crippen LogP contribution in [0, 0.1) is 11.3 Å². The van der Waals surface area contributed by atoms with Crippen LogP contribution in [0.25, 0.3) is 0 Å². The Morgan fingerprint density at radius 3 is 3.00 bits per heavy atom. The fourth-order valence-electron chi connectivity index (χ4n) is 0.822. The minimum absolute atomic E-state index is 0.189. The fourth-order valence-corrected chi connectivity index (χ4v) is 0.822. The van der Waals surface area contributed by atoms with Crippen molar-refractivity contribution in [1.29, 1.82) is 5.26 Å². The van der Waals surface area contributed by atoms with E-state index in [-0.39, 0.29) is 6.04 Å². The van der Waals surface area contributed by atoms with E-state index in [4.69, 9.17) is 5.26 Å². The summed E-state index contributed by atoms with van der Waals surface area (Å²) in [6.45, 7) is 0. The first kappa shape index (κ1) is 6.84. The van der Waals surface area contributed by atoms with Gasteiger partial charge in [0.15, 0.2) is 0 Å². The van der Waals surface area contributed by atoms with E-state index >= 15 is 0 Å². The van der Waals surface area contributed by atoms with Gasteiger partial charge in [-0.1, -0.05) is 0 Å². The normalized spacial score (nSPS) is 12.4. The number of rotatable bonds is 2. The van der Waals surface area contributed by atoms with Gasteiger partial charge in [0.1, 0.15) is 6.04 Å². The van der Waals surface area contributed by atoms with Crippen LogP contribution >= 0.6 is 0 Å². The molecule has 0 bridgehead atoms. The van der Waals surface area contributed by atoms with E-state index in [1.54, 1.807) is 13.2 Å². The standard InChI is InChI=1S/C7H9N3/c1-9-7(4-8)6-2-3-10-5-6/h2-3,5,7,9-10H,1H3. The number of nitrogens with zero attached hydrogens (tertiary/aromatic N) is 1. The van der Waals surface area contributed by atoms with E-state index < -0.39 is 0 Å². The van der Waals surface area contributed by atoms with Crippen LogP contribution in [-0.4, -0.2) is 12.0 Å². The maximum Gasteiger partial charge on any atom is 0.122 e. The largest absolute Gasteiger partial charge is 0.367 e. The minimum Gasteiger partial charge on any atom is -0.367 e. The van der Waals surface area contributed by atoms with Crippen molar-refractivity contribution < 1.29 is 0 Å². The van der Waals surface area contributed by atoms with Crippen LogP contribution in [-0.2, 0) is 0 Å². The molecule has 2 N–H and O–H groups in total. The number of H-pyrrole nitrogens is 1. The molecular weight excluding hydrogens is 126 g/mol. The molecule has 10 heavy (non-hydrogen) atoms. The highest BCUT2D eigenvalue weighted by Gasteiger charge is 2.05. The van der Waals surface area contributed by atoms with E-state index in [2.05, 4.69) is 16.4 Å². The van der Waals surface area contributed by atoms with Crippen molar-refractivity contribution in [1.82, 2.24) is 10.3 Å². The van der Waals surface area contributed by atoms with Crippen molar-refractivity contribution in [2.24, 2.45) is 0 Å². The van der Waals surface area contributed by atoms with E-state index in [1.165, 1.54) is 0 Å². The first-order chi connectivity index (χ1) is 4.88. The second-order valence-corrected chi connectivity index (χ2v) is 2.00. The van der Waals surface area contributed by atoms with Gasteiger partial charge in [0, 0.05) is 18.0 Å². The summed E-state index contributed by atoms with van der Waals surface area (Å²) in [5, 5.41) is 11.4. The minimum atomic E-state index is -0.189. The Bertz CT molecular complexity index is 219. The number of hydrogen-bond donors (Lipinski definition) is 2. The molecule has 1 atom stereocenters. The average Bonchev–Trinajstić information content (AvgIpc) is 2.43. The Labute approximate surface area is 59.7 Å². The van der Waals surface area contributed by atoms with Crippen LogP contribution in [0.1, 0.15) is 11.6 Å². The van der Waals surface area contributed by atoms with Gasteiger partial charge in [0.25, 0.3) is 0 Å². The van der Waals surface area contributed by atoms with E-state index in [9.17, 15) is 0 Å². The first-order valence-electron chi connectivity index (χ1n) is 3.08. The number of aromatic amines is 1. The molecule has 0 spiro atoms. The molecule has 0 aromatic carbocycles. The van der Waals surface area contributed by atoms with Crippen molar-refractivity contribution in [2.45, 2.75) is 6.04 Å². The third-order valence-electron chi connectivity index (χ3n) is 1.37. The monoisotopic (exact) mass is 135 g/mol. The van der Waals surface area contributed by atoms with Crippen LogP contribution in [0.5, 0.6) is 0 Å². The molecule has 1 heterocycles. The lowest BCUT2D eigenvalue weighted by Crippen LogP contribution is -2.12. The zero-order valence-corrected chi connectivity index (χ0v) is 5.76. The van der Waals surface area contributed by atoms with Gasteiger partial charge in [-0.3, -0.25) is 0 Å². The van der Waals surface area contributed by atoms with Gasteiger partial charge in [0.05, 0.1) is 6.07 Å². The maximum atomic E-state index is 8.57. The molecule has 0 aliphatic rings. The Balaban J connectivity index is 2.76. The summed E-state index contributed by atoms with van der Waals surface area (Å²) in [5.74, 6) is 0. The second-order valence-electron chi connectivity index (χ2n) is 2.00. The summed E-state index contributed by atoms with van der Waals surface area (Å²) in [6.07, 6.45) is 3.61. The van der Waals surface area contributed by atoms with E-state index in [1.807, 2.05) is 12.3 Å². The molecule has 0 amide bonds. The van der Waals surface area contributed by atoms with Crippen LogP contribution < -0.4 is 5.32 Å². The summed E-state index contributed by atoms with van der Waals surface area (Å²) in [5.41, 5.74) is 0.977. The number of nitriles is 1. The third-order valence-corrected chi connectivity index (χ3v) is 1.37. The second kappa shape index (κ2) is 3.04. The Kier molecular flexibility index (Phi) is 2.08. The van der Waals surface area contributed by atoms with Gasteiger partial charge in [0.2, 0.25) is 0 Å². The maximum absolute atomic E-state index is 8.57. The van der Waals surface area contributed by atoms with E-state index in [0.717, 1.165) is 5.56 Å². The third kappa shape index (κ3) is 1.17. The van der Waals surface area contributed by atoms with Crippen molar-refractivity contribution in [3.05, 3.63) is 24.0 Å². The van der Waals surface area contributed by atoms with Crippen molar-refractivity contribution in [2.75, 3.05) is 7.05 Å². The van der Waals surface area contributed by atoms with Gasteiger partial charge < -0.3 is 10.3 Å². The van der Waals surface area contributed by atoms with Crippen LogP contribution in [0.3, 0.4) is 0 Å². The topological polar surface area (TPSA) is 51.6 Å². The molecular formula is C7H9N3. The quantitative estimate of drug-likeness (QED) is 0.630. The highest BCUT2D eigenvalue weighted by Crippen LogP contribution is 2.08. The lowest BCUT2D eigenvalue weighted by atomic mass is 10.2. The van der Waals surface area contributed by atoms with Gasteiger partial charge in [-0.25, -0.2) is 0 Å². The van der Waals surface area contributed by atoms with Crippen LogP contribution in [0.15, 0.2) is 18.5 Å². The summed E-state index contributed by atoms with van der Waals surface area (Å²) >= 11 is 0. The molecule has 1 aromatic heterocycles. The van der Waals surface area contributed by atoms with Gasteiger partial charge in [-0.15, -0.1) is 0 Å². The molecule has 0 fully saturated rings. The zero-order valence-electron chi connectivity index (χ0n) is 5.76. The lowest BCUT2D eigenvalue weighted by Gasteiger charge is -2.02. The zero-order chi connectivity index (χ0) is 7.40. The van der Waals surface area contributed by atoms with Crippen LogP contribution in [0.4, 0.5) is 0 Å². The van der Waals surface area contributed by atoms with Gasteiger partial charge in [-0.05, 0) is 13.1 Å². The molecule has 1 unspecified atom stereocenters. The summed E-state index contributed by atoms with van der Waals surface area (Å²) in [6, 6.07) is 3.81. The molecule has 0 aliphatic carbocycles. The predicted molar refractivity (Wildman–Crippen MR) is 38.2 cm³/mol. The molecule has 1 aromatic rings. The molecule has 1 rings (SSSR count). The first-order valence-corrected chi connectivity index (χ1v) is 3.08. The fraction of sp³-hybridized carbons (Fsp3) is 0.286. The Morgan fingerprint density at radius 1 is 1.80 bits per heavy atom. The predicted octanol–water partition coefficient (Wildman–Crippen LogP) is 0.799. The van der Waals surface area contributed by atoms with Crippen molar-refractivity contribution in [3.63, 3.8) is 0 Å². The molecule has 0 saturated heterocycles. The van der Waals surface area contributed by atoms with Crippen LogP contribution in [0.2, 0.25) is 0 Å². The molecule has 3 heteroatoms. The molecule has 0 radical (unpaired) electrons. The summed E-state index contributed by atoms with van der Waals surface area (Å²) in [7, 11) is 1.76. The molecule has 0 aliphatic heterocycles.